The molecule has 2 aromatic rings. The summed E-state index contributed by atoms with van der Waals surface area (Å²) in [6, 6.07) is 7.94. The third-order valence-electron chi connectivity index (χ3n) is 3.10. The number of carbonyl (C=O) groups is 1. The van der Waals surface area contributed by atoms with Crippen molar-refractivity contribution in [3.63, 3.8) is 0 Å². The minimum atomic E-state index is -0.787. The third-order valence-corrected chi connectivity index (χ3v) is 3.60. The maximum atomic E-state index is 10.7. The topological polar surface area (TPSA) is 55.1 Å². The van der Waals surface area contributed by atoms with Crippen molar-refractivity contribution in [2.24, 2.45) is 7.05 Å². The molecular formula is C14H15BrN2O2. The number of nitrogens with zero attached hydrogens (tertiary/aromatic N) is 2. The molecule has 0 saturated heterocycles. The Bertz CT molecular complexity index is 620. The van der Waals surface area contributed by atoms with Crippen molar-refractivity contribution < 1.29 is 9.90 Å². The van der Waals surface area contributed by atoms with Crippen molar-refractivity contribution in [3.05, 3.63) is 40.0 Å². The number of carboxylic acids is 1. The Labute approximate surface area is 120 Å². The van der Waals surface area contributed by atoms with Crippen LogP contribution in [0.2, 0.25) is 0 Å². The summed E-state index contributed by atoms with van der Waals surface area (Å²) in [5.74, 6) is -0.787. The van der Waals surface area contributed by atoms with Gasteiger partial charge in [-0.25, -0.2) is 0 Å². The Morgan fingerprint density at radius 1 is 1.47 bits per heavy atom. The van der Waals surface area contributed by atoms with Gasteiger partial charge in [-0.2, -0.15) is 5.10 Å². The van der Waals surface area contributed by atoms with E-state index in [2.05, 4.69) is 21.0 Å². The average molecular weight is 323 g/mol. The van der Waals surface area contributed by atoms with Crippen LogP contribution in [-0.2, 0) is 18.3 Å². The standard InChI is InChI=1S/C14H15BrN2O2/c1-9-12(6-7-13(18)19)17(2)16-14(9)10-4-3-5-11(15)8-10/h3-5,8H,6-7H2,1-2H3,(H,18,19). The van der Waals surface area contributed by atoms with E-state index in [0.29, 0.717) is 6.42 Å². The molecule has 0 aliphatic heterocycles. The summed E-state index contributed by atoms with van der Waals surface area (Å²) in [6.07, 6.45) is 0.622. The second-order valence-corrected chi connectivity index (χ2v) is 5.36. The lowest BCUT2D eigenvalue weighted by Crippen LogP contribution is -2.03. The van der Waals surface area contributed by atoms with Crippen LogP contribution in [0.25, 0.3) is 11.3 Å². The fourth-order valence-electron chi connectivity index (χ4n) is 2.15. The Hall–Kier alpha value is -1.62. The van der Waals surface area contributed by atoms with Gasteiger partial charge in [0.05, 0.1) is 12.1 Å². The van der Waals surface area contributed by atoms with Gasteiger partial charge in [-0.05, 0) is 24.6 Å². The molecule has 19 heavy (non-hydrogen) atoms. The number of carboxylic acid groups (broad SMARTS) is 1. The third kappa shape index (κ3) is 3.04. The molecule has 5 heteroatoms. The maximum Gasteiger partial charge on any atom is 0.303 e. The zero-order valence-corrected chi connectivity index (χ0v) is 12.4. The Kier molecular flexibility index (Phi) is 4.04. The minimum Gasteiger partial charge on any atom is -0.481 e. The fourth-order valence-corrected chi connectivity index (χ4v) is 2.55. The molecule has 0 amide bonds. The summed E-state index contributed by atoms with van der Waals surface area (Å²) in [5, 5.41) is 13.3. The SMILES string of the molecule is Cc1c(-c2cccc(Br)c2)nn(C)c1CCC(=O)O. The monoisotopic (exact) mass is 322 g/mol. The van der Waals surface area contributed by atoms with Gasteiger partial charge in [0, 0.05) is 29.2 Å². The van der Waals surface area contributed by atoms with E-state index >= 15 is 0 Å². The molecule has 1 aromatic heterocycles. The van der Waals surface area contributed by atoms with Crippen LogP contribution in [0.1, 0.15) is 17.7 Å². The number of aryl methyl sites for hydroxylation is 1. The molecule has 0 aliphatic rings. The predicted molar refractivity (Wildman–Crippen MR) is 77.0 cm³/mol. The molecular weight excluding hydrogens is 308 g/mol. The average Bonchev–Trinajstić information content (AvgIpc) is 2.62. The van der Waals surface area contributed by atoms with E-state index in [0.717, 1.165) is 27.0 Å². The highest BCUT2D eigenvalue weighted by Crippen LogP contribution is 2.27. The number of rotatable bonds is 4. The van der Waals surface area contributed by atoms with Crippen molar-refractivity contribution in [3.8, 4) is 11.3 Å². The molecule has 0 aliphatic carbocycles. The minimum absolute atomic E-state index is 0.123. The number of hydrogen-bond donors (Lipinski definition) is 1. The molecule has 1 aromatic carbocycles. The molecule has 4 nitrogen and oxygen atoms in total. The van der Waals surface area contributed by atoms with Crippen molar-refractivity contribution in [1.82, 2.24) is 9.78 Å². The molecule has 0 fully saturated rings. The maximum absolute atomic E-state index is 10.7. The quantitative estimate of drug-likeness (QED) is 0.940. The molecule has 2 rings (SSSR count). The highest BCUT2D eigenvalue weighted by molar-refractivity contribution is 9.10. The van der Waals surface area contributed by atoms with Gasteiger partial charge in [0.1, 0.15) is 0 Å². The summed E-state index contributed by atoms with van der Waals surface area (Å²) >= 11 is 3.45. The zero-order valence-electron chi connectivity index (χ0n) is 10.9. The predicted octanol–water partition coefficient (Wildman–Crippen LogP) is 3.18. The van der Waals surface area contributed by atoms with Gasteiger partial charge < -0.3 is 5.11 Å². The van der Waals surface area contributed by atoms with Gasteiger partial charge in [0.25, 0.3) is 0 Å². The van der Waals surface area contributed by atoms with Gasteiger partial charge in [-0.15, -0.1) is 0 Å². The lowest BCUT2D eigenvalue weighted by Gasteiger charge is -2.01. The molecule has 0 unspecified atom stereocenters. The van der Waals surface area contributed by atoms with Crippen molar-refractivity contribution in [2.75, 3.05) is 0 Å². The van der Waals surface area contributed by atoms with Gasteiger partial charge >= 0.3 is 5.97 Å². The van der Waals surface area contributed by atoms with E-state index in [-0.39, 0.29) is 6.42 Å². The molecule has 0 spiro atoms. The fraction of sp³-hybridized carbons (Fsp3) is 0.286. The van der Waals surface area contributed by atoms with Crippen LogP contribution >= 0.6 is 15.9 Å². The Morgan fingerprint density at radius 3 is 2.84 bits per heavy atom. The normalized spacial score (nSPS) is 10.7. The summed E-state index contributed by atoms with van der Waals surface area (Å²) in [5.41, 5.74) is 3.95. The summed E-state index contributed by atoms with van der Waals surface area (Å²) in [4.78, 5) is 10.7. The first kappa shape index (κ1) is 13.8. The van der Waals surface area contributed by atoms with E-state index in [4.69, 9.17) is 5.11 Å². The van der Waals surface area contributed by atoms with Crippen LogP contribution in [0.3, 0.4) is 0 Å². The Balaban J connectivity index is 2.38. The molecule has 0 radical (unpaired) electrons. The molecule has 1 N–H and O–H groups in total. The second kappa shape index (κ2) is 5.57. The van der Waals surface area contributed by atoms with Crippen LogP contribution in [-0.4, -0.2) is 20.9 Å². The summed E-state index contributed by atoms with van der Waals surface area (Å²) in [6.45, 7) is 1.99. The van der Waals surface area contributed by atoms with Crippen molar-refractivity contribution in [2.45, 2.75) is 19.8 Å². The largest absolute Gasteiger partial charge is 0.481 e. The van der Waals surface area contributed by atoms with Crippen molar-refractivity contribution >= 4 is 21.9 Å². The van der Waals surface area contributed by atoms with Crippen LogP contribution in [0.15, 0.2) is 28.7 Å². The zero-order chi connectivity index (χ0) is 14.0. The van der Waals surface area contributed by atoms with E-state index in [9.17, 15) is 4.79 Å². The highest BCUT2D eigenvalue weighted by Gasteiger charge is 2.14. The van der Waals surface area contributed by atoms with Crippen molar-refractivity contribution in [1.29, 1.82) is 0 Å². The number of hydrogen-bond acceptors (Lipinski definition) is 2. The van der Waals surface area contributed by atoms with E-state index in [1.807, 2.05) is 38.2 Å². The Morgan fingerprint density at radius 2 is 2.21 bits per heavy atom. The van der Waals surface area contributed by atoms with Gasteiger partial charge in [0.2, 0.25) is 0 Å². The van der Waals surface area contributed by atoms with Gasteiger partial charge in [-0.1, -0.05) is 28.1 Å². The molecule has 1 heterocycles. The summed E-state index contributed by atoms with van der Waals surface area (Å²) < 4.78 is 2.77. The highest BCUT2D eigenvalue weighted by atomic mass is 79.9. The van der Waals surface area contributed by atoms with E-state index in [1.54, 1.807) is 4.68 Å². The first-order valence-corrected chi connectivity index (χ1v) is 6.78. The number of halogens is 1. The molecule has 0 saturated carbocycles. The number of aliphatic carboxylic acids is 1. The number of benzene rings is 1. The molecule has 0 bridgehead atoms. The van der Waals surface area contributed by atoms with Crippen LogP contribution in [0.5, 0.6) is 0 Å². The van der Waals surface area contributed by atoms with E-state index < -0.39 is 5.97 Å². The summed E-state index contributed by atoms with van der Waals surface area (Å²) in [7, 11) is 1.85. The van der Waals surface area contributed by atoms with Crippen LogP contribution < -0.4 is 0 Å². The lowest BCUT2D eigenvalue weighted by molar-refractivity contribution is -0.136. The van der Waals surface area contributed by atoms with Crippen LogP contribution in [0.4, 0.5) is 0 Å². The molecule has 0 atom stereocenters. The second-order valence-electron chi connectivity index (χ2n) is 4.45. The van der Waals surface area contributed by atoms with E-state index in [1.165, 1.54) is 0 Å². The lowest BCUT2D eigenvalue weighted by atomic mass is 10.1. The van der Waals surface area contributed by atoms with Gasteiger partial charge in [-0.3, -0.25) is 9.48 Å². The van der Waals surface area contributed by atoms with Crippen LogP contribution in [0, 0.1) is 6.92 Å². The number of aromatic nitrogens is 2. The first-order valence-electron chi connectivity index (χ1n) is 5.99. The first-order chi connectivity index (χ1) is 8.99. The molecule has 100 valence electrons. The smallest absolute Gasteiger partial charge is 0.303 e. The van der Waals surface area contributed by atoms with Gasteiger partial charge in [0.15, 0.2) is 0 Å².